The third-order valence-corrected chi connectivity index (χ3v) is 6.73. The second-order valence-electron chi connectivity index (χ2n) is 6.57. The van der Waals surface area contributed by atoms with E-state index in [0.717, 1.165) is 15.2 Å². The molecular formula is C19H20N6O2S2. The van der Waals surface area contributed by atoms with E-state index in [1.165, 1.54) is 31.3 Å². The van der Waals surface area contributed by atoms with Gasteiger partial charge in [-0.3, -0.25) is 9.20 Å². The fraction of sp³-hybridized carbons (Fsp3) is 0.316. The van der Waals surface area contributed by atoms with Crippen LogP contribution in [0, 0.1) is 13.8 Å². The Bertz CT molecular complexity index is 1240. The third kappa shape index (κ3) is 4.03. The standard InChI is InChI=1S/C19H20N6O2S2/c1-12-13(2)29-18-16(12)17(21-11-22-18)28-10-15(26)20-7-5-9-25-19(27)24-8-4-3-6-14(24)23-25/h3-4,6,8,11H,5,7,9-10H2,1-2H3,(H,20,26). The Morgan fingerprint density at radius 3 is 2.97 bits per heavy atom. The van der Waals surface area contributed by atoms with E-state index in [0.29, 0.717) is 25.2 Å². The van der Waals surface area contributed by atoms with Crippen LogP contribution in [0.3, 0.4) is 0 Å². The molecular weight excluding hydrogens is 408 g/mol. The van der Waals surface area contributed by atoms with E-state index in [2.05, 4.69) is 34.2 Å². The van der Waals surface area contributed by atoms with Gasteiger partial charge >= 0.3 is 5.69 Å². The Morgan fingerprint density at radius 1 is 1.28 bits per heavy atom. The number of amides is 1. The lowest BCUT2D eigenvalue weighted by atomic mass is 10.2. The number of carbonyl (C=O) groups is 1. The summed E-state index contributed by atoms with van der Waals surface area (Å²) in [5.41, 5.74) is 1.62. The number of thiophene rings is 1. The third-order valence-electron chi connectivity index (χ3n) is 4.63. The second kappa shape index (κ2) is 8.34. The molecule has 4 heterocycles. The van der Waals surface area contributed by atoms with Crippen molar-refractivity contribution < 1.29 is 4.79 Å². The van der Waals surface area contributed by atoms with Gasteiger partial charge in [-0.2, -0.15) is 0 Å². The van der Waals surface area contributed by atoms with Crippen LogP contribution in [-0.2, 0) is 11.3 Å². The summed E-state index contributed by atoms with van der Waals surface area (Å²) in [6.07, 6.45) is 3.87. The van der Waals surface area contributed by atoms with Crippen LogP contribution in [0.15, 0.2) is 40.5 Å². The lowest BCUT2D eigenvalue weighted by molar-refractivity contribution is -0.118. The predicted molar refractivity (Wildman–Crippen MR) is 115 cm³/mol. The van der Waals surface area contributed by atoms with Crippen molar-refractivity contribution in [3.05, 3.63) is 51.6 Å². The van der Waals surface area contributed by atoms with Crippen molar-refractivity contribution in [1.29, 1.82) is 0 Å². The van der Waals surface area contributed by atoms with Gasteiger partial charge in [-0.1, -0.05) is 17.8 Å². The Balaban J connectivity index is 1.29. The maximum atomic E-state index is 12.2. The van der Waals surface area contributed by atoms with Crippen LogP contribution in [0.2, 0.25) is 0 Å². The van der Waals surface area contributed by atoms with Crippen LogP contribution in [0.5, 0.6) is 0 Å². The fourth-order valence-corrected chi connectivity index (χ4v) is 4.96. The highest BCUT2D eigenvalue weighted by molar-refractivity contribution is 8.00. The van der Waals surface area contributed by atoms with Gasteiger partial charge in [0.15, 0.2) is 5.65 Å². The zero-order valence-electron chi connectivity index (χ0n) is 16.1. The van der Waals surface area contributed by atoms with Crippen molar-refractivity contribution >= 4 is 44.9 Å². The summed E-state index contributed by atoms with van der Waals surface area (Å²) in [5.74, 6) is 0.225. The molecule has 1 N–H and O–H groups in total. The molecule has 0 radical (unpaired) electrons. The van der Waals surface area contributed by atoms with Gasteiger partial charge in [-0.05, 0) is 38.0 Å². The highest BCUT2D eigenvalue weighted by Gasteiger charge is 2.13. The number of rotatable bonds is 7. The number of hydrogen-bond donors (Lipinski definition) is 1. The van der Waals surface area contributed by atoms with E-state index in [1.807, 2.05) is 6.07 Å². The van der Waals surface area contributed by atoms with Crippen LogP contribution in [0.4, 0.5) is 0 Å². The summed E-state index contributed by atoms with van der Waals surface area (Å²) in [6.45, 7) is 5.06. The molecule has 1 amide bonds. The topological polar surface area (TPSA) is 94.2 Å². The minimum atomic E-state index is -0.170. The molecule has 0 bridgehead atoms. The van der Waals surface area contributed by atoms with Crippen LogP contribution < -0.4 is 11.0 Å². The number of aryl methyl sites for hydroxylation is 3. The number of thioether (sulfide) groups is 1. The van der Waals surface area contributed by atoms with E-state index in [-0.39, 0.29) is 17.3 Å². The molecule has 8 nitrogen and oxygen atoms in total. The predicted octanol–water partition coefficient (Wildman–Crippen LogP) is 2.42. The van der Waals surface area contributed by atoms with Crippen molar-refractivity contribution in [2.24, 2.45) is 0 Å². The average molecular weight is 429 g/mol. The maximum Gasteiger partial charge on any atom is 0.350 e. The molecule has 0 aliphatic heterocycles. The number of fused-ring (bicyclic) bond motifs is 2. The molecule has 0 saturated heterocycles. The summed E-state index contributed by atoms with van der Waals surface area (Å²) in [6, 6.07) is 5.43. The summed E-state index contributed by atoms with van der Waals surface area (Å²) < 4.78 is 2.93. The smallest absolute Gasteiger partial charge is 0.350 e. The lowest BCUT2D eigenvalue weighted by Crippen LogP contribution is -2.28. The van der Waals surface area contributed by atoms with Crippen molar-refractivity contribution in [2.45, 2.75) is 31.8 Å². The van der Waals surface area contributed by atoms with Crippen LogP contribution >= 0.6 is 23.1 Å². The first kappa shape index (κ1) is 19.6. The van der Waals surface area contributed by atoms with Gasteiger partial charge in [0.25, 0.3) is 0 Å². The van der Waals surface area contributed by atoms with E-state index >= 15 is 0 Å². The molecule has 0 atom stereocenters. The molecule has 0 aliphatic carbocycles. The average Bonchev–Trinajstić information content (AvgIpc) is 3.20. The van der Waals surface area contributed by atoms with Crippen molar-refractivity contribution in [3.8, 4) is 0 Å². The first-order valence-corrected chi connectivity index (χ1v) is 11.0. The molecule has 29 heavy (non-hydrogen) atoms. The van der Waals surface area contributed by atoms with Crippen LogP contribution in [0.25, 0.3) is 15.9 Å². The van der Waals surface area contributed by atoms with Gasteiger partial charge < -0.3 is 5.32 Å². The molecule has 0 unspecified atom stereocenters. The van der Waals surface area contributed by atoms with Crippen molar-refractivity contribution in [1.82, 2.24) is 29.5 Å². The largest absolute Gasteiger partial charge is 0.355 e. The molecule has 4 aromatic heterocycles. The summed E-state index contributed by atoms with van der Waals surface area (Å²) in [4.78, 5) is 35.3. The number of hydrogen-bond acceptors (Lipinski definition) is 7. The van der Waals surface area contributed by atoms with E-state index < -0.39 is 0 Å². The van der Waals surface area contributed by atoms with Crippen molar-refractivity contribution in [2.75, 3.05) is 12.3 Å². The summed E-state index contributed by atoms with van der Waals surface area (Å²) in [7, 11) is 0. The highest BCUT2D eigenvalue weighted by Crippen LogP contribution is 2.34. The molecule has 0 aliphatic rings. The number of carbonyl (C=O) groups excluding carboxylic acids is 1. The van der Waals surface area contributed by atoms with Gasteiger partial charge in [-0.25, -0.2) is 19.4 Å². The molecule has 0 spiro atoms. The highest BCUT2D eigenvalue weighted by atomic mass is 32.2. The van der Waals surface area contributed by atoms with Gasteiger partial charge in [-0.15, -0.1) is 16.4 Å². The van der Waals surface area contributed by atoms with Crippen LogP contribution in [-0.4, -0.2) is 42.4 Å². The van der Waals surface area contributed by atoms with Gasteiger partial charge in [0.1, 0.15) is 16.2 Å². The molecule has 4 aromatic rings. The minimum Gasteiger partial charge on any atom is -0.355 e. The molecule has 10 heteroatoms. The number of nitrogens with one attached hydrogen (secondary N) is 1. The zero-order valence-corrected chi connectivity index (χ0v) is 17.7. The Morgan fingerprint density at radius 2 is 2.14 bits per heavy atom. The number of pyridine rings is 1. The number of aromatic nitrogens is 5. The molecule has 0 fully saturated rings. The Hall–Kier alpha value is -2.72. The number of nitrogens with zero attached hydrogens (tertiary/aromatic N) is 5. The summed E-state index contributed by atoms with van der Waals surface area (Å²) >= 11 is 3.06. The van der Waals surface area contributed by atoms with E-state index in [9.17, 15) is 9.59 Å². The molecule has 0 aromatic carbocycles. The second-order valence-corrected chi connectivity index (χ2v) is 8.74. The first-order valence-electron chi connectivity index (χ1n) is 9.19. The van der Waals surface area contributed by atoms with Crippen molar-refractivity contribution in [3.63, 3.8) is 0 Å². The van der Waals surface area contributed by atoms with Gasteiger partial charge in [0.2, 0.25) is 5.91 Å². The quantitative estimate of drug-likeness (QED) is 0.276. The van der Waals surface area contributed by atoms with Gasteiger partial charge in [0.05, 0.1) is 5.75 Å². The summed E-state index contributed by atoms with van der Waals surface area (Å²) in [5, 5.41) is 9.05. The minimum absolute atomic E-state index is 0.0614. The Labute approximate surface area is 175 Å². The maximum absolute atomic E-state index is 12.2. The normalized spacial score (nSPS) is 11.4. The SMILES string of the molecule is Cc1sc2ncnc(SCC(=O)NCCCn3nc4ccccn4c3=O)c2c1C. The molecule has 150 valence electrons. The molecule has 4 rings (SSSR count). The molecule has 0 saturated carbocycles. The zero-order chi connectivity index (χ0) is 20.4. The Kier molecular flexibility index (Phi) is 5.63. The van der Waals surface area contributed by atoms with Gasteiger partial charge in [0, 0.05) is 29.5 Å². The lowest BCUT2D eigenvalue weighted by Gasteiger charge is -2.06. The fourth-order valence-electron chi connectivity index (χ4n) is 3.01. The van der Waals surface area contributed by atoms with E-state index in [1.54, 1.807) is 36.0 Å². The van der Waals surface area contributed by atoms with E-state index in [4.69, 9.17) is 0 Å². The first-order chi connectivity index (χ1) is 14.0. The monoisotopic (exact) mass is 428 g/mol. The van der Waals surface area contributed by atoms with Crippen LogP contribution in [0.1, 0.15) is 16.9 Å².